The zero-order valence-electron chi connectivity index (χ0n) is 32.6. The molecule has 4 aromatic carbocycles. The second-order valence-corrected chi connectivity index (χ2v) is 17.3. The number of nitrogens with zero attached hydrogens (tertiary/aromatic N) is 3. The van der Waals surface area contributed by atoms with E-state index in [4.69, 9.17) is 9.47 Å². The number of aryl methyl sites for hydroxylation is 1. The lowest BCUT2D eigenvalue weighted by Crippen LogP contribution is -2.54. The third-order valence-corrected chi connectivity index (χ3v) is 13.8. The fourth-order valence-corrected chi connectivity index (χ4v) is 10.6. The first kappa shape index (κ1) is 36.9. The number of imide groups is 1. The average molecular weight is 785 g/mol. The molecule has 0 bridgehead atoms. The molecule has 10 rings (SSSR count). The topological polar surface area (TPSA) is 112 Å². The van der Waals surface area contributed by atoms with Crippen LogP contribution in [0.2, 0.25) is 0 Å². The van der Waals surface area contributed by atoms with Gasteiger partial charge in [-0.3, -0.25) is 19.7 Å². The molecule has 0 saturated carbocycles. The van der Waals surface area contributed by atoms with Crippen LogP contribution in [-0.2, 0) is 22.6 Å². The van der Waals surface area contributed by atoms with Crippen LogP contribution in [0.4, 0.5) is 10.1 Å². The van der Waals surface area contributed by atoms with E-state index in [1.807, 2.05) is 12.1 Å². The van der Waals surface area contributed by atoms with E-state index in [0.717, 1.165) is 71.2 Å². The van der Waals surface area contributed by atoms with Gasteiger partial charge in [0.05, 0.1) is 5.56 Å². The number of anilines is 1. The summed E-state index contributed by atoms with van der Waals surface area (Å²) in [6, 6.07) is 26.9. The molecule has 11 heteroatoms. The highest BCUT2D eigenvalue weighted by atomic mass is 19.1. The van der Waals surface area contributed by atoms with E-state index in [9.17, 15) is 19.5 Å². The minimum absolute atomic E-state index is 0.0384. The van der Waals surface area contributed by atoms with E-state index >= 15 is 4.39 Å². The molecular formula is C47H49FN4O6. The van der Waals surface area contributed by atoms with Crippen LogP contribution < -0.4 is 19.7 Å². The SMILES string of the molecule is O=C1CC[C@H](N2Cc3cc4c(c(F)c3C2=O)OCC2(CCN(CC3CCN(c5ccc([C@@H]6c7ccc(O)cc7CC[C@@H]6c6ccccc6)cc5)CC3)CC2)O4)C(=O)N1. The number of amides is 3. The van der Waals surface area contributed by atoms with Gasteiger partial charge in [0.15, 0.2) is 17.3 Å². The van der Waals surface area contributed by atoms with Gasteiger partial charge in [0.2, 0.25) is 11.8 Å². The fraction of sp³-hybridized carbons (Fsp3) is 0.426. The maximum Gasteiger partial charge on any atom is 0.258 e. The highest BCUT2D eigenvalue weighted by Crippen LogP contribution is 2.48. The zero-order valence-corrected chi connectivity index (χ0v) is 32.6. The van der Waals surface area contributed by atoms with E-state index in [2.05, 4.69) is 75.8 Å². The number of benzene rings is 4. The number of rotatable bonds is 6. The Balaban J connectivity index is 0.743. The fourth-order valence-electron chi connectivity index (χ4n) is 10.6. The Morgan fingerprint density at radius 2 is 1.60 bits per heavy atom. The summed E-state index contributed by atoms with van der Waals surface area (Å²) in [5.74, 6) is -0.356. The molecule has 6 aliphatic rings. The van der Waals surface area contributed by atoms with Crippen molar-refractivity contribution < 1.29 is 33.4 Å². The number of carbonyl (C=O) groups is 3. The number of piperidine rings is 3. The summed E-state index contributed by atoms with van der Waals surface area (Å²) in [6.07, 6.45) is 6.14. The summed E-state index contributed by atoms with van der Waals surface area (Å²) in [6.45, 7) is 5.11. The Hall–Kier alpha value is -5.42. The molecule has 300 valence electrons. The van der Waals surface area contributed by atoms with Gasteiger partial charge in [-0.15, -0.1) is 0 Å². The number of phenolic OH excluding ortho intramolecular Hbond substituents is 1. The molecule has 0 aromatic heterocycles. The van der Waals surface area contributed by atoms with Crippen LogP contribution in [-0.4, -0.2) is 83.6 Å². The Bertz CT molecular complexity index is 2250. The Morgan fingerprint density at radius 3 is 2.36 bits per heavy atom. The molecule has 3 fully saturated rings. The van der Waals surface area contributed by atoms with Crippen LogP contribution in [0.5, 0.6) is 17.2 Å². The molecule has 1 aliphatic carbocycles. The first-order chi connectivity index (χ1) is 28.2. The molecule has 3 atom stereocenters. The van der Waals surface area contributed by atoms with E-state index in [1.165, 1.54) is 32.8 Å². The van der Waals surface area contributed by atoms with Crippen molar-refractivity contribution in [3.63, 3.8) is 0 Å². The van der Waals surface area contributed by atoms with Gasteiger partial charge in [-0.1, -0.05) is 48.5 Å². The zero-order chi connectivity index (χ0) is 39.5. The first-order valence-corrected chi connectivity index (χ1v) is 21.0. The predicted molar refractivity (Wildman–Crippen MR) is 216 cm³/mol. The molecule has 3 saturated heterocycles. The van der Waals surface area contributed by atoms with Crippen molar-refractivity contribution in [3.8, 4) is 17.2 Å². The smallest absolute Gasteiger partial charge is 0.258 e. The Labute approximate surface area is 337 Å². The summed E-state index contributed by atoms with van der Waals surface area (Å²) in [5.41, 5.74) is 6.35. The number of aromatic hydroxyl groups is 1. The van der Waals surface area contributed by atoms with Gasteiger partial charge >= 0.3 is 0 Å². The van der Waals surface area contributed by atoms with Crippen LogP contribution in [0.1, 0.15) is 95.0 Å². The third-order valence-electron chi connectivity index (χ3n) is 13.8. The molecule has 5 heterocycles. The molecule has 3 amide bonds. The molecule has 58 heavy (non-hydrogen) atoms. The highest BCUT2D eigenvalue weighted by Gasteiger charge is 2.46. The number of fused-ring (bicyclic) bond motifs is 3. The van der Waals surface area contributed by atoms with E-state index in [-0.39, 0.29) is 49.1 Å². The van der Waals surface area contributed by atoms with E-state index < -0.39 is 29.3 Å². The third kappa shape index (κ3) is 6.67. The quantitative estimate of drug-likeness (QED) is 0.209. The number of nitrogens with one attached hydrogen (secondary N) is 1. The number of hydrogen-bond donors (Lipinski definition) is 2. The minimum Gasteiger partial charge on any atom is -0.508 e. The highest BCUT2D eigenvalue weighted by molar-refractivity contribution is 6.05. The minimum atomic E-state index is -0.817. The number of ether oxygens (including phenoxy) is 2. The van der Waals surface area contributed by atoms with Gasteiger partial charge in [0, 0.05) is 70.1 Å². The van der Waals surface area contributed by atoms with Crippen molar-refractivity contribution in [2.45, 2.75) is 81.4 Å². The molecule has 2 N–H and O–H groups in total. The largest absolute Gasteiger partial charge is 0.508 e. The Kier molecular flexibility index (Phi) is 9.38. The van der Waals surface area contributed by atoms with Crippen molar-refractivity contribution in [2.75, 3.05) is 44.2 Å². The first-order valence-electron chi connectivity index (χ1n) is 21.0. The maximum absolute atomic E-state index is 15.8. The van der Waals surface area contributed by atoms with Crippen molar-refractivity contribution in [1.29, 1.82) is 0 Å². The number of phenols is 1. The number of carbonyl (C=O) groups excluding carboxylic acids is 3. The van der Waals surface area contributed by atoms with Crippen LogP contribution in [0.15, 0.2) is 78.9 Å². The summed E-state index contributed by atoms with van der Waals surface area (Å²) < 4.78 is 28.4. The molecular weight excluding hydrogens is 736 g/mol. The van der Waals surface area contributed by atoms with Gasteiger partial charge in [-0.25, -0.2) is 4.39 Å². The van der Waals surface area contributed by atoms with Gasteiger partial charge in [-0.05, 0) is 102 Å². The van der Waals surface area contributed by atoms with Gasteiger partial charge in [0.25, 0.3) is 5.91 Å². The van der Waals surface area contributed by atoms with Crippen molar-refractivity contribution in [3.05, 3.63) is 118 Å². The monoisotopic (exact) mass is 784 g/mol. The Morgan fingerprint density at radius 1 is 0.828 bits per heavy atom. The van der Waals surface area contributed by atoms with Gasteiger partial charge < -0.3 is 29.3 Å². The second-order valence-electron chi connectivity index (χ2n) is 17.3. The predicted octanol–water partition coefficient (Wildman–Crippen LogP) is 6.68. The summed E-state index contributed by atoms with van der Waals surface area (Å²) >= 11 is 0. The van der Waals surface area contributed by atoms with Crippen molar-refractivity contribution in [1.82, 2.24) is 15.1 Å². The lowest BCUT2D eigenvalue weighted by atomic mass is 9.69. The average Bonchev–Trinajstić information content (AvgIpc) is 3.57. The molecule has 0 radical (unpaired) electrons. The molecule has 0 unspecified atom stereocenters. The molecule has 1 spiro atoms. The lowest BCUT2D eigenvalue weighted by molar-refractivity contribution is -0.136. The summed E-state index contributed by atoms with van der Waals surface area (Å²) in [7, 11) is 0. The van der Waals surface area contributed by atoms with Gasteiger partial charge in [0.1, 0.15) is 24.0 Å². The maximum atomic E-state index is 15.8. The molecule has 4 aromatic rings. The standard InChI is InChI=1S/C47H49FN4O6/c48-43-42-33(27-52(46(42)56)38-14-15-40(54)49-45(38)55)25-39-44(43)57-28-47(58-39)18-22-50(23-19-47)26-29-16-20-51(21-17-29)34-9-6-31(7-10-34)41-36(30-4-2-1-3-5-30)12-8-32-24-35(53)11-13-37(32)41/h1-7,9-11,13,24-25,29,36,38,41,53H,8,12,14-23,26-28H2,(H,49,54,55)/t36-,38+,41+/m1/s1. The summed E-state index contributed by atoms with van der Waals surface area (Å²) in [5, 5.41) is 12.5. The molecule has 10 nitrogen and oxygen atoms in total. The van der Waals surface area contributed by atoms with Crippen LogP contribution in [0.3, 0.4) is 0 Å². The van der Waals surface area contributed by atoms with Crippen molar-refractivity contribution in [2.24, 2.45) is 5.92 Å². The lowest BCUT2D eigenvalue weighted by Gasteiger charge is -2.45. The number of halogens is 1. The summed E-state index contributed by atoms with van der Waals surface area (Å²) in [4.78, 5) is 43.9. The molecule has 5 aliphatic heterocycles. The number of hydrogen-bond acceptors (Lipinski definition) is 8. The van der Waals surface area contributed by atoms with Crippen LogP contribution >= 0.6 is 0 Å². The second kappa shape index (κ2) is 14.8. The number of likely N-dealkylation sites (tertiary alicyclic amines) is 1. The normalized spacial score (nSPS) is 24.4. The van der Waals surface area contributed by atoms with Gasteiger partial charge in [-0.2, -0.15) is 0 Å². The van der Waals surface area contributed by atoms with Crippen molar-refractivity contribution >= 4 is 23.4 Å². The van der Waals surface area contributed by atoms with Crippen LogP contribution in [0, 0.1) is 11.7 Å². The van der Waals surface area contributed by atoms with Crippen LogP contribution in [0.25, 0.3) is 0 Å². The van der Waals surface area contributed by atoms with E-state index in [1.54, 1.807) is 6.07 Å². The van der Waals surface area contributed by atoms with E-state index in [0.29, 0.717) is 28.9 Å².